The molecule has 93 valence electrons. The van der Waals surface area contributed by atoms with E-state index in [9.17, 15) is 10.0 Å². The van der Waals surface area contributed by atoms with Gasteiger partial charge in [-0.05, 0) is 40.5 Å². The van der Waals surface area contributed by atoms with Crippen molar-refractivity contribution >= 4 is 5.97 Å². The van der Waals surface area contributed by atoms with Crippen molar-refractivity contribution in [2.45, 2.75) is 57.7 Å². The minimum absolute atomic E-state index is 0.163. The number of nitrogens with zero attached hydrogens (tertiary/aromatic N) is 1. The van der Waals surface area contributed by atoms with E-state index in [4.69, 9.17) is 6.17 Å². The van der Waals surface area contributed by atoms with E-state index in [-0.39, 0.29) is 12.7 Å². The Morgan fingerprint density at radius 1 is 1.44 bits per heavy atom. The zero-order valence-electron chi connectivity index (χ0n) is 11.3. The van der Waals surface area contributed by atoms with Crippen LogP contribution >= 0.6 is 0 Å². The van der Waals surface area contributed by atoms with Gasteiger partial charge in [0.1, 0.15) is 6.61 Å². The quantitative estimate of drug-likeness (QED) is 0.799. The summed E-state index contributed by atoms with van der Waals surface area (Å²) in [5.74, 6) is -0.717. The molecule has 0 unspecified atom stereocenters. The van der Waals surface area contributed by atoms with Gasteiger partial charge in [-0.25, -0.2) is 4.79 Å². The van der Waals surface area contributed by atoms with Crippen LogP contribution in [-0.4, -0.2) is 39.9 Å². The molecule has 1 fully saturated rings. The SMILES string of the molecule is [3H]OC(=O)COC1CC(C)(C)N([O])C(C)(C)C1. The van der Waals surface area contributed by atoms with E-state index in [0.29, 0.717) is 12.8 Å². The molecule has 0 aromatic heterocycles. The molecule has 0 amide bonds. The van der Waals surface area contributed by atoms with Crippen molar-refractivity contribution < 1.29 is 19.8 Å². The van der Waals surface area contributed by atoms with E-state index in [1.165, 1.54) is 0 Å². The second-order valence-electron chi connectivity index (χ2n) is 5.63. The highest BCUT2D eigenvalue weighted by molar-refractivity contribution is 5.68. The minimum atomic E-state index is -0.717. The molecule has 1 heterocycles. The monoisotopic (exact) mass is 232 g/mol. The largest absolute Gasteiger partial charge is 0.480 e. The number of hydroxylamine groups is 2. The first-order valence-electron chi connectivity index (χ1n) is 5.85. The zero-order chi connectivity index (χ0) is 13.3. The van der Waals surface area contributed by atoms with Crippen LogP contribution in [0.4, 0.5) is 0 Å². The van der Waals surface area contributed by atoms with Gasteiger partial charge in [0.05, 0.1) is 6.10 Å². The van der Waals surface area contributed by atoms with E-state index >= 15 is 0 Å². The van der Waals surface area contributed by atoms with Gasteiger partial charge < -0.3 is 9.85 Å². The van der Waals surface area contributed by atoms with Gasteiger partial charge in [0.25, 0.3) is 1.43 Å². The van der Waals surface area contributed by atoms with E-state index in [1.807, 2.05) is 27.7 Å². The van der Waals surface area contributed by atoms with Crippen LogP contribution < -0.4 is 0 Å². The molecule has 1 N–H and O–H groups in total. The van der Waals surface area contributed by atoms with Crippen molar-refractivity contribution in [3.63, 3.8) is 0 Å². The van der Waals surface area contributed by atoms with Gasteiger partial charge in [-0.3, -0.25) is 0 Å². The van der Waals surface area contributed by atoms with E-state index < -0.39 is 17.0 Å². The average Bonchev–Trinajstić information content (AvgIpc) is 2.21. The second kappa shape index (κ2) is 4.31. The first kappa shape index (κ1) is 11.8. The van der Waals surface area contributed by atoms with E-state index in [1.54, 1.807) is 0 Å². The lowest BCUT2D eigenvalue weighted by atomic mass is 9.80. The third-order valence-corrected chi connectivity index (χ3v) is 2.99. The molecule has 1 saturated heterocycles. The van der Waals surface area contributed by atoms with Crippen LogP contribution in [0.15, 0.2) is 0 Å². The molecule has 0 spiro atoms. The molecule has 0 bridgehead atoms. The number of piperidine rings is 1. The number of hydrogen-bond acceptors (Lipinski definition) is 4. The Hall–Kier alpha value is -0.650. The number of aliphatic carboxylic acids is 1. The summed E-state index contributed by atoms with van der Waals surface area (Å²) in [4.78, 5) is 10.8. The number of hydrogen-bond donors (Lipinski definition) is 1. The zero-order valence-corrected chi connectivity index (χ0v) is 10.3. The summed E-state index contributed by atoms with van der Waals surface area (Å²) < 4.78 is 11.8. The fourth-order valence-corrected chi connectivity index (χ4v) is 2.48. The topological polar surface area (TPSA) is 69.7 Å². The van der Waals surface area contributed by atoms with Gasteiger partial charge >= 0.3 is 5.97 Å². The molecule has 0 aromatic rings. The van der Waals surface area contributed by atoms with Crippen molar-refractivity contribution in [2.24, 2.45) is 0 Å². The summed E-state index contributed by atoms with van der Waals surface area (Å²) in [6, 6.07) is 0. The molecule has 1 aliphatic rings. The molecule has 5 nitrogen and oxygen atoms in total. The maximum absolute atomic E-state index is 12.0. The van der Waals surface area contributed by atoms with Crippen molar-refractivity contribution in [3.05, 3.63) is 0 Å². The van der Waals surface area contributed by atoms with Crippen LogP contribution in [0.2, 0.25) is 0 Å². The predicted octanol–water partition coefficient (Wildman–Crippen LogP) is 1.45. The first-order valence-corrected chi connectivity index (χ1v) is 5.44. The molecule has 1 radical (unpaired) electrons. The number of rotatable bonds is 3. The Kier molecular flexibility index (Phi) is 3.19. The maximum atomic E-state index is 12.0. The third kappa shape index (κ3) is 2.93. The second-order valence-corrected chi connectivity index (χ2v) is 5.63. The summed E-state index contributed by atoms with van der Waals surface area (Å²) in [6.45, 7) is 7.21. The lowest BCUT2D eigenvalue weighted by Gasteiger charge is -2.49. The predicted molar refractivity (Wildman–Crippen MR) is 57.3 cm³/mol. The van der Waals surface area contributed by atoms with Gasteiger partial charge in [-0.15, -0.1) is 10.3 Å². The Morgan fingerprint density at radius 2 is 1.94 bits per heavy atom. The van der Waals surface area contributed by atoms with Gasteiger partial charge in [0, 0.05) is 11.1 Å². The molecule has 0 saturated carbocycles. The Balaban J connectivity index is 2.62. The van der Waals surface area contributed by atoms with Crippen molar-refractivity contribution in [1.82, 2.24) is 5.06 Å². The number of carboxylic acid groups (broad SMARTS) is 1. The fourth-order valence-electron chi connectivity index (χ4n) is 2.48. The molecular formula is C11H20NO4. The molecule has 0 atom stereocenters. The molecule has 5 heteroatoms. The van der Waals surface area contributed by atoms with Crippen molar-refractivity contribution in [1.29, 1.82) is 1.43 Å². The van der Waals surface area contributed by atoms with Crippen LogP contribution in [0, 0.1) is 0 Å². The Bertz CT molecular complexity index is 275. The smallest absolute Gasteiger partial charge is 0.329 e. The minimum Gasteiger partial charge on any atom is -0.480 e. The van der Waals surface area contributed by atoms with Gasteiger partial charge in [-0.1, -0.05) is 0 Å². The van der Waals surface area contributed by atoms with Gasteiger partial charge in [-0.2, -0.15) is 0 Å². The fraction of sp³-hybridized carbons (Fsp3) is 0.909. The Labute approximate surface area is 97.5 Å². The van der Waals surface area contributed by atoms with Crippen LogP contribution in [-0.2, 0) is 14.7 Å². The van der Waals surface area contributed by atoms with Crippen molar-refractivity contribution in [3.8, 4) is 0 Å². The van der Waals surface area contributed by atoms with Gasteiger partial charge in [0.15, 0.2) is 0 Å². The first-order chi connectivity index (χ1) is 7.69. The van der Waals surface area contributed by atoms with Crippen LogP contribution in [0.5, 0.6) is 0 Å². The molecule has 16 heavy (non-hydrogen) atoms. The third-order valence-electron chi connectivity index (χ3n) is 2.99. The normalized spacial score (nSPS) is 26.2. The molecule has 0 aliphatic carbocycles. The summed E-state index contributed by atoms with van der Waals surface area (Å²) in [5, 5.41) is 16.9. The standard InChI is InChI=1S/C11H20NO4/c1-10(2)5-8(16-7-9(13)14)6-11(3,4)12(10)15/h8H,5-7H2,1-4H3,(H,13,14)/i/hT. The summed E-state index contributed by atoms with van der Waals surface area (Å²) in [6.07, 6.45) is 0.959. The number of carboxylic acids is 1. The van der Waals surface area contributed by atoms with E-state index in [2.05, 4.69) is 5.11 Å². The lowest BCUT2D eigenvalue weighted by Crippen LogP contribution is -2.60. The lowest BCUT2D eigenvalue weighted by molar-refractivity contribution is -0.301. The highest BCUT2D eigenvalue weighted by Crippen LogP contribution is 2.38. The number of ether oxygens (including phenoxy) is 1. The van der Waals surface area contributed by atoms with Crippen LogP contribution in [0.1, 0.15) is 40.5 Å². The van der Waals surface area contributed by atoms with Crippen LogP contribution in [0.3, 0.4) is 0 Å². The summed E-state index contributed by atoms with van der Waals surface area (Å²) in [5.41, 5.74) is -1.03. The van der Waals surface area contributed by atoms with Crippen LogP contribution in [0.25, 0.3) is 1.43 Å². The summed E-state index contributed by atoms with van der Waals surface area (Å²) >= 11 is 0. The van der Waals surface area contributed by atoms with Crippen molar-refractivity contribution in [2.75, 3.05) is 6.61 Å². The average molecular weight is 232 g/mol. The highest BCUT2D eigenvalue weighted by atomic mass is 16.5. The van der Waals surface area contributed by atoms with E-state index in [0.717, 1.165) is 5.06 Å². The highest BCUT2D eigenvalue weighted by Gasteiger charge is 2.46. The molecule has 0 aromatic carbocycles. The Morgan fingerprint density at radius 3 is 2.38 bits per heavy atom. The molecule has 1 aliphatic heterocycles. The molecule has 1 rings (SSSR count). The number of carbonyl (C=O) groups is 1. The maximum Gasteiger partial charge on any atom is 0.329 e. The van der Waals surface area contributed by atoms with Gasteiger partial charge in [0.2, 0.25) is 0 Å². The summed E-state index contributed by atoms with van der Waals surface area (Å²) in [7, 11) is 0. The molecular weight excluding hydrogens is 210 g/mol.